The molecule has 0 bridgehead atoms. The summed E-state index contributed by atoms with van der Waals surface area (Å²) in [5.74, 6) is 2.97. The molecule has 0 fully saturated rings. The topological polar surface area (TPSA) is 20.3 Å². The van der Waals surface area contributed by atoms with Gasteiger partial charge in [0.25, 0.3) is 0 Å². The van der Waals surface area contributed by atoms with E-state index in [1.807, 2.05) is 4.90 Å². The third-order valence-electron chi connectivity index (χ3n) is 3.13. The van der Waals surface area contributed by atoms with Gasteiger partial charge in [0, 0.05) is 25.9 Å². The summed E-state index contributed by atoms with van der Waals surface area (Å²) < 4.78 is 0. The number of hydrogen-bond donors (Lipinski definition) is 0. The van der Waals surface area contributed by atoms with Gasteiger partial charge in [-0.25, -0.2) is 0 Å². The maximum Gasteiger partial charge on any atom is 0.222 e. The van der Waals surface area contributed by atoms with E-state index in [1.54, 1.807) is 0 Å². The van der Waals surface area contributed by atoms with E-state index >= 15 is 0 Å². The van der Waals surface area contributed by atoms with Gasteiger partial charge in [0.2, 0.25) is 5.91 Å². The molecule has 0 aliphatic rings. The number of terminal acetylenes is 1. The van der Waals surface area contributed by atoms with E-state index in [9.17, 15) is 4.79 Å². The zero-order valence-corrected chi connectivity index (χ0v) is 12.2. The molecule has 0 aromatic heterocycles. The molecule has 0 aromatic rings. The predicted octanol–water partition coefficient (Wildman–Crippen LogP) is 4.00. The van der Waals surface area contributed by atoms with E-state index in [1.165, 1.54) is 0 Å². The van der Waals surface area contributed by atoms with Gasteiger partial charge in [-0.1, -0.05) is 33.1 Å². The molecule has 0 saturated heterocycles. The molecule has 0 heterocycles. The lowest BCUT2D eigenvalue weighted by atomic mass is 10.1. The van der Waals surface area contributed by atoms with Crippen molar-refractivity contribution < 1.29 is 4.79 Å². The Morgan fingerprint density at radius 1 is 1.00 bits per heavy atom. The van der Waals surface area contributed by atoms with Crippen LogP contribution in [0, 0.1) is 12.3 Å². The number of rotatable bonds is 11. The molecule has 104 valence electrons. The Bertz CT molecular complexity index is 234. The SMILES string of the molecule is C#CCCCCCC(=O)N(CCCC)CCCC. The van der Waals surface area contributed by atoms with Crippen molar-refractivity contribution in [3.8, 4) is 12.3 Å². The van der Waals surface area contributed by atoms with Crippen molar-refractivity contribution in [2.24, 2.45) is 0 Å². The highest BCUT2D eigenvalue weighted by Crippen LogP contribution is 2.07. The highest BCUT2D eigenvalue weighted by Gasteiger charge is 2.11. The van der Waals surface area contributed by atoms with Crippen molar-refractivity contribution in [1.82, 2.24) is 4.90 Å². The summed E-state index contributed by atoms with van der Waals surface area (Å²) in [7, 11) is 0. The van der Waals surface area contributed by atoms with E-state index in [0.29, 0.717) is 12.3 Å². The summed E-state index contributed by atoms with van der Waals surface area (Å²) in [6.07, 6.45) is 14.4. The zero-order chi connectivity index (χ0) is 13.6. The average molecular weight is 251 g/mol. The molecule has 0 aliphatic carbocycles. The van der Waals surface area contributed by atoms with Crippen molar-refractivity contribution in [3.63, 3.8) is 0 Å². The molecular weight excluding hydrogens is 222 g/mol. The molecule has 2 nitrogen and oxygen atoms in total. The molecular formula is C16H29NO. The van der Waals surface area contributed by atoms with Crippen LogP contribution in [0.1, 0.15) is 71.6 Å². The summed E-state index contributed by atoms with van der Waals surface area (Å²) in [5, 5.41) is 0. The normalized spacial score (nSPS) is 10.1. The Labute approximate surface area is 113 Å². The van der Waals surface area contributed by atoms with E-state index in [4.69, 9.17) is 6.42 Å². The van der Waals surface area contributed by atoms with Gasteiger partial charge in [0.05, 0.1) is 0 Å². The van der Waals surface area contributed by atoms with Crippen molar-refractivity contribution in [1.29, 1.82) is 0 Å². The average Bonchev–Trinajstić information content (AvgIpc) is 2.38. The van der Waals surface area contributed by atoms with Crippen LogP contribution < -0.4 is 0 Å². The van der Waals surface area contributed by atoms with Gasteiger partial charge in [0.1, 0.15) is 0 Å². The Morgan fingerprint density at radius 2 is 1.61 bits per heavy atom. The van der Waals surface area contributed by atoms with Crippen LogP contribution in [0.4, 0.5) is 0 Å². The number of hydrogen-bond acceptors (Lipinski definition) is 1. The summed E-state index contributed by atoms with van der Waals surface area (Å²) in [4.78, 5) is 14.1. The maximum absolute atomic E-state index is 12.1. The van der Waals surface area contributed by atoms with Crippen LogP contribution in [-0.2, 0) is 4.79 Å². The molecule has 2 heteroatoms. The van der Waals surface area contributed by atoms with Crippen LogP contribution >= 0.6 is 0 Å². The first kappa shape index (κ1) is 17.0. The second-order valence-corrected chi connectivity index (χ2v) is 4.85. The van der Waals surface area contributed by atoms with E-state index < -0.39 is 0 Å². The Hall–Kier alpha value is -0.970. The molecule has 0 spiro atoms. The third kappa shape index (κ3) is 9.10. The van der Waals surface area contributed by atoms with Gasteiger partial charge < -0.3 is 4.90 Å². The molecule has 0 N–H and O–H groups in total. The first-order valence-electron chi connectivity index (χ1n) is 7.47. The first-order valence-corrected chi connectivity index (χ1v) is 7.47. The first-order chi connectivity index (χ1) is 8.76. The minimum atomic E-state index is 0.331. The monoisotopic (exact) mass is 251 g/mol. The third-order valence-corrected chi connectivity index (χ3v) is 3.13. The number of amides is 1. The van der Waals surface area contributed by atoms with E-state index in [-0.39, 0.29) is 0 Å². The molecule has 0 aliphatic heterocycles. The van der Waals surface area contributed by atoms with Crippen LogP contribution in [-0.4, -0.2) is 23.9 Å². The minimum absolute atomic E-state index is 0.331. The van der Waals surface area contributed by atoms with Crippen LogP contribution in [0.25, 0.3) is 0 Å². The molecule has 0 aromatic carbocycles. The summed E-state index contributed by atoms with van der Waals surface area (Å²) in [6.45, 7) is 6.20. The van der Waals surface area contributed by atoms with E-state index in [2.05, 4.69) is 19.8 Å². The summed E-state index contributed by atoms with van der Waals surface area (Å²) in [6, 6.07) is 0. The number of carbonyl (C=O) groups is 1. The van der Waals surface area contributed by atoms with Crippen LogP contribution in [0.15, 0.2) is 0 Å². The maximum atomic E-state index is 12.1. The Kier molecular flexibility index (Phi) is 11.8. The fourth-order valence-electron chi connectivity index (χ4n) is 1.90. The van der Waals surface area contributed by atoms with Crippen molar-refractivity contribution in [2.75, 3.05) is 13.1 Å². The molecule has 0 atom stereocenters. The lowest BCUT2D eigenvalue weighted by Gasteiger charge is -2.22. The predicted molar refractivity (Wildman–Crippen MR) is 78.3 cm³/mol. The molecule has 1 amide bonds. The van der Waals surface area contributed by atoms with Crippen LogP contribution in [0.5, 0.6) is 0 Å². The second kappa shape index (κ2) is 12.5. The second-order valence-electron chi connectivity index (χ2n) is 4.85. The van der Waals surface area contributed by atoms with Gasteiger partial charge in [-0.15, -0.1) is 12.3 Å². The minimum Gasteiger partial charge on any atom is -0.343 e. The fourth-order valence-corrected chi connectivity index (χ4v) is 1.90. The van der Waals surface area contributed by atoms with Crippen LogP contribution in [0.3, 0.4) is 0 Å². The smallest absolute Gasteiger partial charge is 0.222 e. The Morgan fingerprint density at radius 3 is 2.11 bits per heavy atom. The molecule has 0 rings (SSSR count). The fraction of sp³-hybridized carbons (Fsp3) is 0.812. The molecule has 0 radical (unpaired) electrons. The number of unbranched alkanes of at least 4 members (excludes halogenated alkanes) is 5. The lowest BCUT2D eigenvalue weighted by Crippen LogP contribution is -2.32. The standard InChI is InChI=1S/C16H29NO/c1-4-7-10-11-12-13-16(18)17(14-8-5-2)15-9-6-3/h1H,5-15H2,2-3H3. The molecule has 18 heavy (non-hydrogen) atoms. The van der Waals surface area contributed by atoms with Crippen molar-refractivity contribution in [2.45, 2.75) is 71.6 Å². The van der Waals surface area contributed by atoms with Crippen molar-refractivity contribution >= 4 is 5.91 Å². The zero-order valence-electron chi connectivity index (χ0n) is 12.2. The van der Waals surface area contributed by atoms with Gasteiger partial charge in [-0.05, 0) is 25.7 Å². The highest BCUT2D eigenvalue weighted by molar-refractivity contribution is 5.76. The molecule has 0 saturated carbocycles. The quantitative estimate of drug-likeness (QED) is 0.401. The van der Waals surface area contributed by atoms with Crippen LogP contribution in [0.2, 0.25) is 0 Å². The highest BCUT2D eigenvalue weighted by atomic mass is 16.2. The summed E-state index contributed by atoms with van der Waals surface area (Å²) >= 11 is 0. The molecule has 0 unspecified atom stereocenters. The van der Waals surface area contributed by atoms with Gasteiger partial charge in [0.15, 0.2) is 0 Å². The summed E-state index contributed by atoms with van der Waals surface area (Å²) in [5.41, 5.74) is 0. The Balaban J connectivity index is 3.85. The lowest BCUT2D eigenvalue weighted by molar-refractivity contribution is -0.131. The van der Waals surface area contributed by atoms with Crippen molar-refractivity contribution in [3.05, 3.63) is 0 Å². The van der Waals surface area contributed by atoms with Gasteiger partial charge in [-0.2, -0.15) is 0 Å². The number of nitrogens with zero attached hydrogens (tertiary/aromatic N) is 1. The van der Waals surface area contributed by atoms with Gasteiger partial charge >= 0.3 is 0 Å². The van der Waals surface area contributed by atoms with E-state index in [0.717, 1.165) is 64.5 Å². The number of carbonyl (C=O) groups excluding carboxylic acids is 1. The van der Waals surface area contributed by atoms with Gasteiger partial charge in [-0.3, -0.25) is 4.79 Å². The largest absolute Gasteiger partial charge is 0.343 e.